The van der Waals surface area contributed by atoms with E-state index < -0.39 is 21.7 Å². The lowest BCUT2D eigenvalue weighted by molar-refractivity contribution is 0.102. The molecule has 1 amide bonds. The minimum absolute atomic E-state index is 0.0594. The van der Waals surface area contributed by atoms with E-state index in [1.807, 2.05) is 30.3 Å². The summed E-state index contributed by atoms with van der Waals surface area (Å²) in [6, 6.07) is 19.7. The molecule has 1 N–H and O–H groups in total. The highest BCUT2D eigenvalue weighted by Crippen LogP contribution is 2.23. The Morgan fingerprint density at radius 2 is 1.69 bits per heavy atom. The zero-order valence-electron chi connectivity index (χ0n) is 15.5. The van der Waals surface area contributed by atoms with E-state index in [1.165, 1.54) is 28.6 Å². The molecule has 0 heterocycles. The molecule has 8 heteroatoms. The van der Waals surface area contributed by atoms with Crippen LogP contribution in [0.15, 0.2) is 77.3 Å². The van der Waals surface area contributed by atoms with Crippen molar-refractivity contribution in [2.45, 2.75) is 6.54 Å². The molecule has 0 saturated carbocycles. The van der Waals surface area contributed by atoms with E-state index in [4.69, 9.17) is 0 Å². The largest absolute Gasteiger partial charge is 0.319 e. The van der Waals surface area contributed by atoms with E-state index in [0.29, 0.717) is 10.2 Å². The Kier molecular flexibility index (Phi) is 6.34. The number of nitrogens with zero attached hydrogens (tertiary/aromatic N) is 1. The third kappa shape index (κ3) is 5.42. The van der Waals surface area contributed by atoms with Gasteiger partial charge in [0.1, 0.15) is 5.82 Å². The summed E-state index contributed by atoms with van der Waals surface area (Å²) < 4.78 is 40.3. The average molecular weight is 477 g/mol. The van der Waals surface area contributed by atoms with Crippen LogP contribution in [-0.4, -0.2) is 20.6 Å². The smallest absolute Gasteiger partial charge is 0.255 e. The first-order valence-corrected chi connectivity index (χ1v) is 11.3. The monoisotopic (exact) mass is 476 g/mol. The molecule has 0 aliphatic rings. The van der Waals surface area contributed by atoms with E-state index in [1.54, 1.807) is 18.2 Å². The van der Waals surface area contributed by atoms with Gasteiger partial charge in [-0.25, -0.2) is 12.8 Å². The van der Waals surface area contributed by atoms with Crippen molar-refractivity contribution in [3.63, 3.8) is 0 Å². The van der Waals surface area contributed by atoms with Gasteiger partial charge in [0, 0.05) is 10.0 Å². The van der Waals surface area contributed by atoms with Crippen LogP contribution in [0.25, 0.3) is 0 Å². The topological polar surface area (TPSA) is 66.5 Å². The maximum Gasteiger partial charge on any atom is 0.255 e. The summed E-state index contributed by atoms with van der Waals surface area (Å²) in [5, 5.41) is 2.51. The average Bonchev–Trinajstić information content (AvgIpc) is 2.68. The number of hydrogen-bond donors (Lipinski definition) is 1. The molecular formula is C21H18BrFN2O3S. The van der Waals surface area contributed by atoms with Crippen LogP contribution in [0.4, 0.5) is 15.8 Å². The van der Waals surface area contributed by atoms with Gasteiger partial charge in [-0.2, -0.15) is 0 Å². The van der Waals surface area contributed by atoms with E-state index in [-0.39, 0.29) is 17.8 Å². The second-order valence-electron chi connectivity index (χ2n) is 6.38. The van der Waals surface area contributed by atoms with Crippen LogP contribution in [0.3, 0.4) is 0 Å². The van der Waals surface area contributed by atoms with Crippen LogP contribution in [-0.2, 0) is 16.6 Å². The predicted octanol–water partition coefficient (Wildman–Crippen LogP) is 4.81. The fourth-order valence-electron chi connectivity index (χ4n) is 2.71. The van der Waals surface area contributed by atoms with Crippen molar-refractivity contribution < 1.29 is 17.6 Å². The molecule has 0 saturated heterocycles. The second kappa shape index (κ2) is 8.75. The van der Waals surface area contributed by atoms with Crippen LogP contribution < -0.4 is 9.62 Å². The lowest BCUT2D eigenvalue weighted by Crippen LogP contribution is -2.29. The number of carbonyl (C=O) groups excluding carboxylic acids is 1. The summed E-state index contributed by atoms with van der Waals surface area (Å²) in [5.74, 6) is -1.05. The molecule has 3 rings (SSSR count). The first kappa shape index (κ1) is 21.0. The minimum atomic E-state index is -3.53. The van der Waals surface area contributed by atoms with Gasteiger partial charge in [-0.05, 0) is 48.0 Å². The molecule has 3 aromatic rings. The number of benzene rings is 3. The maximum atomic E-state index is 13.9. The van der Waals surface area contributed by atoms with E-state index in [0.717, 1.165) is 11.8 Å². The van der Waals surface area contributed by atoms with Gasteiger partial charge < -0.3 is 5.32 Å². The van der Waals surface area contributed by atoms with Crippen molar-refractivity contribution >= 4 is 43.2 Å². The molecule has 0 atom stereocenters. The molecule has 5 nitrogen and oxygen atoms in total. The first-order valence-electron chi connectivity index (χ1n) is 8.62. The minimum Gasteiger partial charge on any atom is -0.319 e. The van der Waals surface area contributed by atoms with Crippen molar-refractivity contribution in [1.29, 1.82) is 0 Å². The molecule has 3 aromatic carbocycles. The van der Waals surface area contributed by atoms with Gasteiger partial charge in [0.15, 0.2) is 0 Å². The summed E-state index contributed by atoms with van der Waals surface area (Å²) in [5.41, 5.74) is 1.61. The highest BCUT2D eigenvalue weighted by molar-refractivity contribution is 9.10. The Balaban J connectivity index is 1.80. The quantitative estimate of drug-likeness (QED) is 0.555. The van der Waals surface area contributed by atoms with Crippen LogP contribution in [0.5, 0.6) is 0 Å². The molecule has 0 fully saturated rings. The van der Waals surface area contributed by atoms with Crippen LogP contribution in [0.2, 0.25) is 0 Å². The van der Waals surface area contributed by atoms with Crippen LogP contribution >= 0.6 is 15.9 Å². The molecular weight excluding hydrogens is 459 g/mol. The summed E-state index contributed by atoms with van der Waals surface area (Å²) in [6.45, 7) is 0.176. The lowest BCUT2D eigenvalue weighted by Gasteiger charge is -2.22. The second-order valence-corrected chi connectivity index (χ2v) is 9.20. The van der Waals surface area contributed by atoms with E-state index in [2.05, 4.69) is 21.2 Å². The number of anilines is 2. The molecule has 29 heavy (non-hydrogen) atoms. The standard InChI is InChI=1S/C21H18BrFN2O3S/c1-29(27,28)25(14-15-5-3-2-4-6-15)18-10-7-16(8-11-18)21(26)24-20-12-9-17(22)13-19(20)23/h2-13H,14H2,1H3,(H,24,26). The number of sulfonamides is 1. The van der Waals surface area contributed by atoms with Crippen molar-refractivity contribution in [3.8, 4) is 0 Å². The number of carbonyl (C=O) groups is 1. The number of nitrogens with one attached hydrogen (secondary N) is 1. The fourth-order valence-corrected chi connectivity index (χ4v) is 3.94. The van der Waals surface area contributed by atoms with Gasteiger partial charge in [-0.3, -0.25) is 9.10 Å². The Bertz CT molecular complexity index is 1120. The molecule has 150 valence electrons. The molecule has 0 aliphatic carbocycles. The van der Waals surface area contributed by atoms with Gasteiger partial charge >= 0.3 is 0 Å². The molecule has 0 spiro atoms. The number of amides is 1. The van der Waals surface area contributed by atoms with Crippen LogP contribution in [0, 0.1) is 5.82 Å². The Morgan fingerprint density at radius 3 is 2.28 bits per heavy atom. The van der Waals surface area contributed by atoms with Gasteiger partial charge in [0.05, 0.1) is 24.2 Å². The van der Waals surface area contributed by atoms with Crippen molar-refractivity contribution in [2.75, 3.05) is 15.9 Å². The summed E-state index contributed by atoms with van der Waals surface area (Å²) >= 11 is 3.16. The van der Waals surface area contributed by atoms with Gasteiger partial charge in [-0.1, -0.05) is 46.3 Å². The zero-order valence-corrected chi connectivity index (χ0v) is 17.9. The van der Waals surface area contributed by atoms with Gasteiger partial charge in [-0.15, -0.1) is 0 Å². The lowest BCUT2D eigenvalue weighted by atomic mass is 10.1. The summed E-state index contributed by atoms with van der Waals surface area (Å²) in [4.78, 5) is 12.4. The van der Waals surface area contributed by atoms with Gasteiger partial charge in [0.25, 0.3) is 5.91 Å². The Labute approximate surface area is 177 Å². The molecule has 0 bridgehead atoms. The van der Waals surface area contributed by atoms with Crippen molar-refractivity contribution in [2.24, 2.45) is 0 Å². The van der Waals surface area contributed by atoms with Gasteiger partial charge in [0.2, 0.25) is 10.0 Å². The van der Waals surface area contributed by atoms with E-state index in [9.17, 15) is 17.6 Å². The van der Waals surface area contributed by atoms with Crippen LogP contribution in [0.1, 0.15) is 15.9 Å². The third-order valence-electron chi connectivity index (χ3n) is 4.17. The summed E-state index contributed by atoms with van der Waals surface area (Å²) in [7, 11) is -3.53. The Morgan fingerprint density at radius 1 is 1.03 bits per heavy atom. The highest BCUT2D eigenvalue weighted by Gasteiger charge is 2.18. The molecule has 0 unspecified atom stereocenters. The third-order valence-corrected chi connectivity index (χ3v) is 5.80. The highest BCUT2D eigenvalue weighted by atomic mass is 79.9. The van der Waals surface area contributed by atoms with Crippen molar-refractivity contribution in [3.05, 3.63) is 94.2 Å². The Hall–Kier alpha value is -2.71. The first-order chi connectivity index (χ1) is 13.7. The molecule has 0 aliphatic heterocycles. The SMILES string of the molecule is CS(=O)(=O)N(Cc1ccccc1)c1ccc(C(=O)Nc2ccc(Br)cc2F)cc1. The van der Waals surface area contributed by atoms with Crippen molar-refractivity contribution in [1.82, 2.24) is 0 Å². The molecule has 0 radical (unpaired) electrons. The normalized spacial score (nSPS) is 11.1. The zero-order chi connectivity index (χ0) is 21.0. The summed E-state index contributed by atoms with van der Waals surface area (Å²) in [6.07, 6.45) is 1.13. The maximum absolute atomic E-state index is 13.9. The van der Waals surface area contributed by atoms with E-state index >= 15 is 0 Å². The fraction of sp³-hybridized carbons (Fsp3) is 0.0952. The predicted molar refractivity (Wildman–Crippen MR) is 116 cm³/mol. The number of halogens is 2. The molecule has 0 aromatic heterocycles. The number of hydrogen-bond acceptors (Lipinski definition) is 3. The number of rotatable bonds is 6.